The Morgan fingerprint density at radius 2 is 1.13 bits per heavy atom. The third-order valence-corrected chi connectivity index (χ3v) is 5.45. The fraction of sp³-hybridized carbons (Fsp3) is 0. The molecule has 0 radical (unpaired) electrons. The molecule has 148 valence electrons. The number of fused-ring (bicyclic) bond motifs is 2. The number of ketones is 2. The van der Waals surface area contributed by atoms with Gasteiger partial charge in [0.1, 0.15) is 0 Å². The molecule has 0 fully saturated rings. The minimum Gasteiger partial charge on any atom is -0.321 e. The molecule has 0 saturated heterocycles. The predicted octanol–water partition coefficient (Wildman–Crippen LogP) is 5.38. The topological polar surface area (TPSA) is 63.2 Å². The lowest BCUT2D eigenvalue weighted by Gasteiger charge is -2.20. The smallest absolute Gasteiger partial charge is 0.255 e. The molecule has 4 aromatic carbocycles. The van der Waals surface area contributed by atoms with E-state index < -0.39 is 0 Å². The standard InChI is InChI=1S/C27H17NO3/c29-25-20-9-4-5-10-21(20)26(30)24-22(25)11-6-12-23(24)28-27(31)19-15-13-18(14-16-19)17-7-2-1-3-8-17/h1-16H,(H,28,31). The first kappa shape index (κ1) is 18.7. The van der Waals surface area contributed by atoms with Gasteiger partial charge < -0.3 is 5.32 Å². The molecule has 1 aliphatic carbocycles. The summed E-state index contributed by atoms with van der Waals surface area (Å²) in [5, 5.41) is 2.82. The maximum absolute atomic E-state index is 13.1. The number of hydrogen-bond donors (Lipinski definition) is 1. The third kappa shape index (κ3) is 3.24. The van der Waals surface area contributed by atoms with Gasteiger partial charge in [-0.2, -0.15) is 0 Å². The van der Waals surface area contributed by atoms with E-state index in [-0.39, 0.29) is 23.0 Å². The van der Waals surface area contributed by atoms with E-state index in [2.05, 4.69) is 5.32 Å². The van der Waals surface area contributed by atoms with Crippen molar-refractivity contribution in [3.05, 3.63) is 125 Å². The molecule has 0 aromatic heterocycles. The van der Waals surface area contributed by atoms with Gasteiger partial charge in [-0.05, 0) is 29.3 Å². The Balaban J connectivity index is 1.46. The lowest BCUT2D eigenvalue weighted by atomic mass is 9.83. The third-order valence-electron chi connectivity index (χ3n) is 5.45. The molecule has 4 heteroatoms. The SMILES string of the molecule is O=C(Nc1cccc2c1C(=O)c1ccccc1C2=O)c1ccc(-c2ccccc2)cc1. The van der Waals surface area contributed by atoms with Gasteiger partial charge in [0, 0.05) is 22.3 Å². The zero-order valence-electron chi connectivity index (χ0n) is 16.5. The molecular weight excluding hydrogens is 386 g/mol. The summed E-state index contributed by atoms with van der Waals surface area (Å²) in [5.74, 6) is -0.818. The summed E-state index contributed by atoms with van der Waals surface area (Å²) < 4.78 is 0. The molecule has 0 atom stereocenters. The Morgan fingerprint density at radius 3 is 1.84 bits per heavy atom. The highest BCUT2D eigenvalue weighted by Gasteiger charge is 2.31. The van der Waals surface area contributed by atoms with Crippen molar-refractivity contribution < 1.29 is 14.4 Å². The van der Waals surface area contributed by atoms with Crippen LogP contribution >= 0.6 is 0 Å². The highest BCUT2D eigenvalue weighted by molar-refractivity contribution is 6.30. The fourth-order valence-corrected chi connectivity index (χ4v) is 3.89. The Kier molecular flexibility index (Phi) is 4.53. The minimum absolute atomic E-state index is 0.214. The summed E-state index contributed by atoms with van der Waals surface area (Å²) in [5.41, 5.74) is 4.16. The first-order valence-electron chi connectivity index (χ1n) is 9.92. The summed E-state index contributed by atoms with van der Waals surface area (Å²) in [6, 6.07) is 28.8. The van der Waals surface area contributed by atoms with E-state index >= 15 is 0 Å². The monoisotopic (exact) mass is 403 g/mol. The average molecular weight is 403 g/mol. The minimum atomic E-state index is -0.341. The van der Waals surface area contributed by atoms with Crippen molar-refractivity contribution in [2.24, 2.45) is 0 Å². The summed E-state index contributed by atoms with van der Waals surface area (Å²) >= 11 is 0. The van der Waals surface area contributed by atoms with Crippen molar-refractivity contribution in [3.63, 3.8) is 0 Å². The summed E-state index contributed by atoms with van der Waals surface area (Å²) in [7, 11) is 0. The van der Waals surface area contributed by atoms with Gasteiger partial charge in [0.15, 0.2) is 11.6 Å². The van der Waals surface area contributed by atoms with Crippen molar-refractivity contribution in [1.29, 1.82) is 0 Å². The van der Waals surface area contributed by atoms with Crippen LogP contribution in [0.3, 0.4) is 0 Å². The molecule has 0 spiro atoms. The van der Waals surface area contributed by atoms with Gasteiger partial charge in [0.25, 0.3) is 5.91 Å². The van der Waals surface area contributed by atoms with Crippen LogP contribution in [0.4, 0.5) is 5.69 Å². The van der Waals surface area contributed by atoms with E-state index in [1.165, 1.54) is 0 Å². The quantitative estimate of drug-likeness (QED) is 0.440. The molecule has 1 aliphatic rings. The van der Waals surface area contributed by atoms with Crippen molar-refractivity contribution in [2.45, 2.75) is 0 Å². The first-order valence-corrected chi connectivity index (χ1v) is 9.92. The number of carbonyl (C=O) groups is 3. The largest absolute Gasteiger partial charge is 0.321 e. The van der Waals surface area contributed by atoms with Gasteiger partial charge in [0.05, 0.1) is 11.3 Å². The molecular formula is C27H17NO3. The zero-order valence-corrected chi connectivity index (χ0v) is 16.5. The van der Waals surface area contributed by atoms with Crippen molar-refractivity contribution in [3.8, 4) is 11.1 Å². The molecule has 31 heavy (non-hydrogen) atoms. The predicted molar refractivity (Wildman–Crippen MR) is 120 cm³/mol. The number of carbonyl (C=O) groups excluding carboxylic acids is 3. The second-order valence-electron chi connectivity index (χ2n) is 7.33. The molecule has 0 unspecified atom stereocenters. The number of hydrogen-bond acceptors (Lipinski definition) is 3. The number of nitrogens with one attached hydrogen (secondary N) is 1. The summed E-state index contributed by atoms with van der Waals surface area (Å²) in [4.78, 5) is 38.8. The molecule has 4 nitrogen and oxygen atoms in total. The van der Waals surface area contributed by atoms with Gasteiger partial charge in [-0.25, -0.2) is 0 Å². The maximum Gasteiger partial charge on any atom is 0.255 e. The molecule has 5 rings (SSSR count). The van der Waals surface area contributed by atoms with Gasteiger partial charge in [-0.15, -0.1) is 0 Å². The van der Waals surface area contributed by atoms with Crippen molar-refractivity contribution in [2.75, 3.05) is 5.32 Å². The van der Waals surface area contributed by atoms with Crippen LogP contribution in [0.5, 0.6) is 0 Å². The summed E-state index contributed by atoms with van der Waals surface area (Å²) in [6.45, 7) is 0. The van der Waals surface area contributed by atoms with E-state index in [4.69, 9.17) is 0 Å². The Bertz CT molecular complexity index is 1340. The van der Waals surface area contributed by atoms with Crippen LogP contribution in [-0.2, 0) is 0 Å². The Morgan fingerprint density at radius 1 is 0.548 bits per heavy atom. The van der Waals surface area contributed by atoms with Crippen LogP contribution in [0.15, 0.2) is 97.1 Å². The molecule has 0 bridgehead atoms. The first-order chi connectivity index (χ1) is 15.1. The lowest BCUT2D eigenvalue weighted by Crippen LogP contribution is -2.23. The molecule has 4 aromatic rings. The molecule has 0 heterocycles. The highest BCUT2D eigenvalue weighted by atomic mass is 16.2. The van der Waals surface area contributed by atoms with Crippen LogP contribution in [-0.4, -0.2) is 17.5 Å². The van der Waals surface area contributed by atoms with Crippen LogP contribution < -0.4 is 5.32 Å². The number of anilines is 1. The van der Waals surface area contributed by atoms with E-state index in [0.29, 0.717) is 27.9 Å². The zero-order chi connectivity index (χ0) is 21.4. The fourth-order valence-electron chi connectivity index (χ4n) is 3.89. The Labute approximate surface area is 179 Å². The van der Waals surface area contributed by atoms with Gasteiger partial charge >= 0.3 is 0 Å². The van der Waals surface area contributed by atoms with E-state index in [1.807, 2.05) is 42.5 Å². The maximum atomic E-state index is 13.1. The van der Waals surface area contributed by atoms with E-state index in [0.717, 1.165) is 11.1 Å². The summed E-state index contributed by atoms with van der Waals surface area (Å²) in [6.07, 6.45) is 0. The van der Waals surface area contributed by atoms with Gasteiger partial charge in [-0.3, -0.25) is 14.4 Å². The second kappa shape index (κ2) is 7.50. The van der Waals surface area contributed by atoms with E-state index in [1.54, 1.807) is 54.6 Å². The number of amides is 1. The van der Waals surface area contributed by atoms with Crippen LogP contribution in [0, 0.1) is 0 Å². The molecule has 0 saturated carbocycles. The Hall–Kier alpha value is -4.31. The van der Waals surface area contributed by atoms with Gasteiger partial charge in [0.2, 0.25) is 0 Å². The molecule has 1 amide bonds. The van der Waals surface area contributed by atoms with Crippen LogP contribution in [0.1, 0.15) is 42.2 Å². The molecule has 0 aliphatic heterocycles. The second-order valence-corrected chi connectivity index (χ2v) is 7.33. The van der Waals surface area contributed by atoms with Crippen LogP contribution in [0.25, 0.3) is 11.1 Å². The van der Waals surface area contributed by atoms with E-state index in [9.17, 15) is 14.4 Å². The number of rotatable bonds is 3. The molecule has 1 N–H and O–H groups in total. The van der Waals surface area contributed by atoms with Gasteiger partial charge in [-0.1, -0.05) is 78.9 Å². The number of benzene rings is 4. The van der Waals surface area contributed by atoms with Crippen molar-refractivity contribution in [1.82, 2.24) is 0 Å². The lowest BCUT2D eigenvalue weighted by molar-refractivity contribution is 0.0978. The van der Waals surface area contributed by atoms with Crippen LogP contribution in [0.2, 0.25) is 0 Å². The van der Waals surface area contributed by atoms with Crippen molar-refractivity contribution >= 4 is 23.2 Å². The normalized spacial score (nSPS) is 12.1. The highest BCUT2D eigenvalue weighted by Crippen LogP contribution is 2.32. The average Bonchev–Trinajstić information content (AvgIpc) is 2.83.